The highest BCUT2D eigenvalue weighted by atomic mass is 16.1. The molecule has 2 aromatic heterocycles. The van der Waals surface area contributed by atoms with Crippen LogP contribution >= 0.6 is 0 Å². The van der Waals surface area contributed by atoms with Crippen LogP contribution in [0, 0.1) is 23.3 Å². The number of H-pyrrole nitrogens is 1. The third-order valence-corrected chi connectivity index (χ3v) is 4.57. The largest absolute Gasteiger partial charge is 0.369 e. The lowest BCUT2D eigenvalue weighted by atomic mass is 9.81. The number of rotatable bonds is 4. The van der Waals surface area contributed by atoms with Crippen LogP contribution in [-0.4, -0.2) is 33.6 Å². The lowest BCUT2D eigenvalue weighted by molar-refractivity contribution is -0.121. The highest BCUT2D eigenvalue weighted by Gasteiger charge is 2.26. The second-order valence-corrected chi connectivity index (χ2v) is 6.18. The van der Waals surface area contributed by atoms with Crippen LogP contribution < -0.4 is 16.4 Å². The highest BCUT2D eigenvalue weighted by Crippen LogP contribution is 2.30. The minimum absolute atomic E-state index is 0.00325. The summed E-state index contributed by atoms with van der Waals surface area (Å²) in [7, 11) is 0. The fraction of sp³-hybridized carbons (Fsp3) is 0.438. The van der Waals surface area contributed by atoms with Crippen molar-refractivity contribution in [3.63, 3.8) is 0 Å². The van der Waals surface area contributed by atoms with E-state index in [1.54, 1.807) is 24.7 Å². The molecule has 3 rings (SSSR count). The topological polar surface area (TPSA) is 145 Å². The van der Waals surface area contributed by atoms with Crippen molar-refractivity contribution in [2.75, 3.05) is 11.9 Å². The predicted molar refractivity (Wildman–Crippen MR) is 93.2 cm³/mol. The van der Waals surface area contributed by atoms with Gasteiger partial charge >= 0.3 is 0 Å². The number of fused-ring (bicyclic) bond motifs is 1. The molecular formula is C16H20N8O. The Morgan fingerprint density at radius 2 is 2.24 bits per heavy atom. The molecule has 0 atom stereocenters. The third-order valence-electron chi connectivity index (χ3n) is 4.57. The summed E-state index contributed by atoms with van der Waals surface area (Å²) in [6.45, 7) is 0.672. The van der Waals surface area contributed by atoms with E-state index in [2.05, 4.69) is 30.8 Å². The normalized spacial score (nSPS) is 20.8. The fourth-order valence-electron chi connectivity index (χ4n) is 3.17. The zero-order valence-corrected chi connectivity index (χ0v) is 13.7. The van der Waals surface area contributed by atoms with Crippen LogP contribution in [0.4, 0.5) is 5.69 Å². The van der Waals surface area contributed by atoms with Gasteiger partial charge in [-0.3, -0.25) is 9.89 Å². The van der Waals surface area contributed by atoms with Gasteiger partial charge in [0.05, 0.1) is 17.3 Å². The monoisotopic (exact) mass is 340 g/mol. The second-order valence-electron chi connectivity index (χ2n) is 6.18. The Balaban J connectivity index is 1.51. The predicted octanol–water partition coefficient (Wildman–Crippen LogP) is 1.09. The maximum Gasteiger partial charge on any atom is 0.227 e. The van der Waals surface area contributed by atoms with Crippen LogP contribution in [0.1, 0.15) is 25.7 Å². The van der Waals surface area contributed by atoms with Gasteiger partial charge in [-0.15, -0.1) is 4.99 Å². The van der Waals surface area contributed by atoms with Crippen molar-refractivity contribution in [2.24, 2.45) is 22.6 Å². The van der Waals surface area contributed by atoms with Crippen molar-refractivity contribution >= 4 is 28.6 Å². The lowest BCUT2D eigenvalue weighted by Crippen LogP contribution is -2.37. The summed E-state index contributed by atoms with van der Waals surface area (Å²) in [5.74, 6) is 0.601. The van der Waals surface area contributed by atoms with Crippen LogP contribution in [0.25, 0.3) is 11.0 Å². The number of hydrogen-bond donors (Lipinski definition) is 4. The average molecular weight is 340 g/mol. The molecule has 0 unspecified atom stereocenters. The van der Waals surface area contributed by atoms with Crippen LogP contribution in [0.2, 0.25) is 0 Å². The number of aliphatic imine (C=N–C) groups is 1. The number of aromatic amines is 1. The Labute approximate surface area is 144 Å². The molecule has 1 saturated carbocycles. The maximum atomic E-state index is 12.5. The highest BCUT2D eigenvalue weighted by molar-refractivity contribution is 6.00. The molecule has 25 heavy (non-hydrogen) atoms. The van der Waals surface area contributed by atoms with Gasteiger partial charge in [0.2, 0.25) is 18.1 Å². The summed E-state index contributed by atoms with van der Waals surface area (Å²) < 4.78 is 0. The van der Waals surface area contributed by atoms with E-state index < -0.39 is 0 Å². The van der Waals surface area contributed by atoms with Crippen molar-refractivity contribution in [1.29, 1.82) is 5.26 Å². The van der Waals surface area contributed by atoms with Crippen molar-refractivity contribution in [3.8, 4) is 6.19 Å². The van der Waals surface area contributed by atoms with Gasteiger partial charge in [0.1, 0.15) is 0 Å². The van der Waals surface area contributed by atoms with E-state index in [0.29, 0.717) is 18.1 Å². The van der Waals surface area contributed by atoms with Gasteiger partial charge in [0, 0.05) is 18.7 Å². The quantitative estimate of drug-likeness (QED) is 0.372. The Hall–Kier alpha value is -3.15. The smallest absolute Gasteiger partial charge is 0.227 e. The van der Waals surface area contributed by atoms with Crippen LogP contribution in [0.3, 0.4) is 0 Å². The zero-order valence-electron chi connectivity index (χ0n) is 13.7. The molecule has 9 nitrogen and oxygen atoms in total. The van der Waals surface area contributed by atoms with Gasteiger partial charge in [0.15, 0.2) is 5.65 Å². The standard InChI is InChI=1S/C16H20N8O/c17-9-21-16(18)20-7-10-1-3-11(4-2-10)15(25)23-13-5-6-19-14-12(13)8-22-24-14/h5-6,8,10-11H,1-4,7H2,(H3,18,20,21)(H2,19,22,23,24,25). The molecule has 0 aromatic carbocycles. The van der Waals surface area contributed by atoms with E-state index in [-0.39, 0.29) is 17.8 Å². The molecule has 2 heterocycles. The number of nitrogens with two attached hydrogens (primary N) is 1. The molecule has 0 spiro atoms. The maximum absolute atomic E-state index is 12.5. The van der Waals surface area contributed by atoms with Gasteiger partial charge in [0.25, 0.3) is 0 Å². The summed E-state index contributed by atoms with van der Waals surface area (Å²) in [5, 5.41) is 21.9. The summed E-state index contributed by atoms with van der Waals surface area (Å²) in [6.07, 6.45) is 8.47. The van der Waals surface area contributed by atoms with E-state index in [9.17, 15) is 4.79 Å². The van der Waals surface area contributed by atoms with Gasteiger partial charge < -0.3 is 16.4 Å². The second kappa shape index (κ2) is 7.61. The SMILES string of the molecule is N#C/N=C(/N)NCC1CCC(C(=O)Nc2ccnc3[nH]ncc23)CC1. The Bertz CT molecular complexity index is 813. The van der Waals surface area contributed by atoms with Crippen LogP contribution in [-0.2, 0) is 4.79 Å². The fourth-order valence-corrected chi connectivity index (χ4v) is 3.17. The number of anilines is 1. The molecule has 0 aliphatic heterocycles. The number of carbonyl (C=O) groups excluding carboxylic acids is 1. The molecule has 9 heteroatoms. The number of nitrogens with zero attached hydrogens (tertiary/aromatic N) is 4. The lowest BCUT2D eigenvalue weighted by Gasteiger charge is -2.28. The number of pyridine rings is 1. The Morgan fingerprint density at radius 1 is 1.44 bits per heavy atom. The number of amides is 1. The molecule has 2 aromatic rings. The van der Waals surface area contributed by atoms with E-state index in [4.69, 9.17) is 11.0 Å². The van der Waals surface area contributed by atoms with E-state index in [1.807, 2.05) is 0 Å². The van der Waals surface area contributed by atoms with Crippen LogP contribution in [0.5, 0.6) is 0 Å². The summed E-state index contributed by atoms with van der Waals surface area (Å²) >= 11 is 0. The number of nitriles is 1. The molecule has 0 bridgehead atoms. The Morgan fingerprint density at radius 3 is 3.00 bits per heavy atom. The number of hydrogen-bond acceptors (Lipinski definition) is 5. The van der Waals surface area contributed by atoms with Crippen molar-refractivity contribution < 1.29 is 4.79 Å². The summed E-state index contributed by atoms with van der Waals surface area (Å²) in [4.78, 5) is 20.1. The van der Waals surface area contributed by atoms with Crippen molar-refractivity contribution in [2.45, 2.75) is 25.7 Å². The molecule has 1 aliphatic rings. The number of carbonyl (C=O) groups is 1. The van der Waals surface area contributed by atoms with Gasteiger partial charge in [-0.25, -0.2) is 4.98 Å². The van der Waals surface area contributed by atoms with Gasteiger partial charge in [-0.1, -0.05) is 0 Å². The Kier molecular flexibility index (Phi) is 5.09. The molecule has 5 N–H and O–H groups in total. The molecular weight excluding hydrogens is 320 g/mol. The number of guanidine groups is 1. The minimum Gasteiger partial charge on any atom is -0.369 e. The first-order valence-corrected chi connectivity index (χ1v) is 8.22. The number of aromatic nitrogens is 3. The molecule has 130 valence electrons. The third kappa shape index (κ3) is 4.03. The number of nitrogens with one attached hydrogen (secondary N) is 3. The van der Waals surface area contributed by atoms with Crippen molar-refractivity contribution in [1.82, 2.24) is 20.5 Å². The first-order chi connectivity index (χ1) is 12.2. The molecule has 0 radical (unpaired) electrons. The molecule has 1 fully saturated rings. The minimum atomic E-state index is -0.00325. The first-order valence-electron chi connectivity index (χ1n) is 8.22. The summed E-state index contributed by atoms with van der Waals surface area (Å²) in [6, 6.07) is 1.78. The van der Waals surface area contributed by atoms with E-state index in [1.165, 1.54) is 0 Å². The van der Waals surface area contributed by atoms with E-state index >= 15 is 0 Å². The first kappa shape index (κ1) is 16.7. The summed E-state index contributed by atoms with van der Waals surface area (Å²) in [5.41, 5.74) is 6.93. The average Bonchev–Trinajstić information content (AvgIpc) is 3.10. The molecule has 1 aliphatic carbocycles. The molecule has 0 saturated heterocycles. The van der Waals surface area contributed by atoms with Gasteiger partial charge in [-0.2, -0.15) is 10.4 Å². The molecule has 1 amide bonds. The van der Waals surface area contributed by atoms with Crippen LogP contribution in [0.15, 0.2) is 23.5 Å². The zero-order chi connectivity index (χ0) is 17.6. The van der Waals surface area contributed by atoms with Crippen molar-refractivity contribution in [3.05, 3.63) is 18.5 Å². The van der Waals surface area contributed by atoms with E-state index in [0.717, 1.165) is 36.8 Å². The van der Waals surface area contributed by atoms with Gasteiger partial charge in [-0.05, 0) is 37.7 Å².